The summed E-state index contributed by atoms with van der Waals surface area (Å²) in [7, 11) is 0. The maximum absolute atomic E-state index is 10.3. The van der Waals surface area contributed by atoms with E-state index in [0.29, 0.717) is 12.8 Å². The smallest absolute Gasteiger partial charge is 0.550 e. The van der Waals surface area contributed by atoms with E-state index < -0.39 is 11.9 Å². The summed E-state index contributed by atoms with van der Waals surface area (Å²) in [5.74, 6) is 0.349. The van der Waals surface area contributed by atoms with Gasteiger partial charge in [-0.15, -0.1) is 0 Å². The summed E-state index contributed by atoms with van der Waals surface area (Å²) in [5.41, 5.74) is 2.16. The molecule has 2 rings (SSSR count). The zero-order chi connectivity index (χ0) is 27.9. The molecule has 0 spiro atoms. The molecule has 2 unspecified atom stereocenters. The number of allylic oxidation sites excluding steroid dienone is 10. The Morgan fingerprint density at radius 2 is 0.919 bits per heavy atom. The van der Waals surface area contributed by atoms with Gasteiger partial charge in [0.05, 0.1) is 0 Å². The molecule has 0 N–H and O–H groups in total. The van der Waals surface area contributed by atoms with Crippen molar-refractivity contribution in [3.63, 3.8) is 0 Å². The number of carboxylic acids is 2. The van der Waals surface area contributed by atoms with Crippen molar-refractivity contribution in [2.45, 2.75) is 92.9 Å². The summed E-state index contributed by atoms with van der Waals surface area (Å²) in [5, 5.41) is 20.7. The molecule has 0 aliphatic heterocycles. The van der Waals surface area contributed by atoms with Crippen LogP contribution in [0.5, 0.6) is 0 Å². The number of rotatable bonds is 10. The molecule has 0 aromatic heterocycles. The SMILES string of the molecule is C=C1C=C[C](C)C=C1.C=C1C=C[C](C)C=C1.CCCCC(CC)C(=O)[O-].CCCCC(CC)C(=O)[O-].[Sn+2]. The molecule has 37 heavy (non-hydrogen) atoms. The molecule has 0 bridgehead atoms. The molecule has 2 aliphatic carbocycles. The van der Waals surface area contributed by atoms with Gasteiger partial charge in [0, 0.05) is 23.8 Å². The topological polar surface area (TPSA) is 80.3 Å². The molecule has 0 aromatic carbocycles. The number of carbonyl (C=O) groups is 2. The molecule has 2 aliphatic rings. The Kier molecular flexibility index (Phi) is 27.7. The Balaban J connectivity index is -0.000000414. The number of hydrogen-bond donors (Lipinski definition) is 0. The van der Waals surface area contributed by atoms with Gasteiger partial charge in [-0.3, -0.25) is 0 Å². The van der Waals surface area contributed by atoms with Gasteiger partial charge in [-0.2, -0.15) is 0 Å². The molecular weight excluding hydrogens is 567 g/mol. The Hall–Kier alpha value is -1.82. The second-order valence-corrected chi connectivity index (χ2v) is 9.10. The van der Waals surface area contributed by atoms with Gasteiger partial charge in [0.15, 0.2) is 0 Å². The van der Waals surface area contributed by atoms with E-state index in [2.05, 4.69) is 65.2 Å². The first-order valence-corrected chi connectivity index (χ1v) is 13.2. The standard InChI is InChI=1S/2C8H16O2.2C8H9.Sn/c2*1-3-5-6-7(4-2)8(9)10;2*1-7-3-5-8(2)6-4-7;/h2*7H,3-6H2,1-2H3,(H,9,10);2*3-6H,1H2,2H3;/q;;;;+2/p-2. The van der Waals surface area contributed by atoms with E-state index >= 15 is 0 Å². The first-order valence-electron chi connectivity index (χ1n) is 13.2. The van der Waals surface area contributed by atoms with E-state index in [1.807, 2.05) is 38.2 Å². The fourth-order valence-electron chi connectivity index (χ4n) is 3.05. The molecule has 0 saturated carbocycles. The molecule has 4 nitrogen and oxygen atoms in total. The summed E-state index contributed by atoms with van der Waals surface area (Å²) < 4.78 is 0. The van der Waals surface area contributed by atoms with Gasteiger partial charge in [0.2, 0.25) is 0 Å². The zero-order valence-corrected chi connectivity index (χ0v) is 26.8. The third kappa shape index (κ3) is 24.3. The van der Waals surface area contributed by atoms with Gasteiger partial charge >= 0.3 is 23.9 Å². The molecule has 4 radical (unpaired) electrons. The number of carbonyl (C=O) groups excluding carboxylic acids is 2. The molecule has 2 atom stereocenters. The van der Waals surface area contributed by atoms with Crippen LogP contribution in [0.2, 0.25) is 0 Å². The molecule has 0 saturated heterocycles. The van der Waals surface area contributed by atoms with Gasteiger partial charge in [0.1, 0.15) is 0 Å². The summed E-state index contributed by atoms with van der Waals surface area (Å²) in [6, 6.07) is 0. The van der Waals surface area contributed by atoms with Crippen LogP contribution >= 0.6 is 0 Å². The quantitative estimate of drug-likeness (QED) is 0.281. The van der Waals surface area contributed by atoms with Crippen molar-refractivity contribution >= 4 is 35.8 Å². The Morgan fingerprint density at radius 3 is 1.08 bits per heavy atom. The molecule has 0 heterocycles. The second-order valence-electron chi connectivity index (χ2n) is 9.10. The van der Waals surface area contributed by atoms with Gasteiger partial charge in [-0.1, -0.05) is 129 Å². The maximum atomic E-state index is 10.3. The molecule has 0 fully saturated rings. The Labute approximate surface area is 244 Å². The van der Waals surface area contributed by atoms with Crippen LogP contribution in [0.1, 0.15) is 92.9 Å². The van der Waals surface area contributed by atoms with Crippen LogP contribution in [0.3, 0.4) is 0 Å². The van der Waals surface area contributed by atoms with E-state index in [1.165, 1.54) is 11.8 Å². The fraction of sp³-hybridized carbons (Fsp3) is 0.500. The van der Waals surface area contributed by atoms with Crippen LogP contribution in [-0.2, 0) is 9.59 Å². The van der Waals surface area contributed by atoms with Crippen molar-refractivity contribution in [2.24, 2.45) is 11.8 Å². The number of unbranched alkanes of at least 4 members (excludes halogenated alkanes) is 2. The van der Waals surface area contributed by atoms with Crippen molar-refractivity contribution in [3.8, 4) is 0 Å². The molecular formula is C32H48O4Sn. The van der Waals surface area contributed by atoms with Crippen LogP contribution < -0.4 is 10.2 Å². The normalized spacial score (nSPS) is 15.6. The van der Waals surface area contributed by atoms with E-state index in [1.54, 1.807) is 0 Å². The van der Waals surface area contributed by atoms with Crippen molar-refractivity contribution in [3.05, 3.63) is 84.7 Å². The largest absolute Gasteiger partial charge is 2.00 e. The molecule has 0 aromatic rings. The molecule has 204 valence electrons. The van der Waals surface area contributed by atoms with E-state index in [-0.39, 0.29) is 35.7 Å². The van der Waals surface area contributed by atoms with E-state index in [4.69, 9.17) is 0 Å². The van der Waals surface area contributed by atoms with Gasteiger partial charge in [0.25, 0.3) is 0 Å². The molecule has 0 amide bonds. The average molecular weight is 615 g/mol. The monoisotopic (exact) mass is 616 g/mol. The van der Waals surface area contributed by atoms with Gasteiger partial charge in [-0.05, 0) is 48.7 Å². The van der Waals surface area contributed by atoms with Crippen molar-refractivity contribution in [2.75, 3.05) is 0 Å². The van der Waals surface area contributed by atoms with Crippen molar-refractivity contribution < 1.29 is 19.8 Å². The first kappa shape index (κ1) is 39.7. The van der Waals surface area contributed by atoms with E-state index in [0.717, 1.165) is 49.7 Å². The Morgan fingerprint density at radius 1 is 0.649 bits per heavy atom. The van der Waals surface area contributed by atoms with Crippen molar-refractivity contribution in [1.82, 2.24) is 0 Å². The summed E-state index contributed by atoms with van der Waals surface area (Å²) in [4.78, 5) is 20.7. The maximum Gasteiger partial charge on any atom is 2.00 e. The second kappa shape index (κ2) is 25.8. The predicted molar refractivity (Wildman–Crippen MR) is 155 cm³/mol. The predicted octanol–water partition coefficient (Wildman–Crippen LogP) is 6.05. The third-order valence-corrected chi connectivity index (χ3v) is 5.71. The van der Waals surface area contributed by atoms with Crippen molar-refractivity contribution in [1.29, 1.82) is 0 Å². The fourth-order valence-corrected chi connectivity index (χ4v) is 3.05. The third-order valence-electron chi connectivity index (χ3n) is 5.71. The minimum absolute atomic E-state index is 0. The Bertz CT molecular complexity index is 665. The number of hydrogen-bond acceptors (Lipinski definition) is 4. The summed E-state index contributed by atoms with van der Waals surface area (Å²) in [6.07, 6.45) is 23.3. The van der Waals surface area contributed by atoms with Crippen LogP contribution in [0, 0.1) is 23.7 Å². The van der Waals surface area contributed by atoms with E-state index in [9.17, 15) is 19.8 Å². The minimum Gasteiger partial charge on any atom is -0.550 e. The van der Waals surface area contributed by atoms with Crippen LogP contribution in [0.4, 0.5) is 0 Å². The summed E-state index contributed by atoms with van der Waals surface area (Å²) >= 11 is 0. The number of carboxylic acid groups (broad SMARTS) is 2. The molecule has 5 heteroatoms. The first-order chi connectivity index (χ1) is 17.0. The zero-order valence-electron chi connectivity index (χ0n) is 24.0. The van der Waals surface area contributed by atoms with Crippen LogP contribution in [-0.4, -0.2) is 35.8 Å². The van der Waals surface area contributed by atoms with Gasteiger partial charge < -0.3 is 19.8 Å². The average Bonchev–Trinajstić information content (AvgIpc) is 2.85. The number of aliphatic carboxylic acids is 2. The van der Waals surface area contributed by atoms with Crippen LogP contribution in [0.25, 0.3) is 0 Å². The van der Waals surface area contributed by atoms with Gasteiger partial charge in [-0.25, -0.2) is 0 Å². The summed E-state index contributed by atoms with van der Waals surface area (Å²) in [6.45, 7) is 19.5. The minimum atomic E-state index is -0.893. The van der Waals surface area contributed by atoms with Crippen LogP contribution in [0.15, 0.2) is 72.9 Å².